The van der Waals surface area contributed by atoms with Gasteiger partial charge in [0.15, 0.2) is 0 Å². The topological polar surface area (TPSA) is 100 Å². The van der Waals surface area contributed by atoms with Crippen molar-refractivity contribution < 1.29 is 28.5 Å². The van der Waals surface area contributed by atoms with E-state index in [9.17, 15) is 9.59 Å². The first-order valence-electron chi connectivity index (χ1n) is 12.4. The molecule has 3 aromatic carbocycles. The molecule has 39 heavy (non-hydrogen) atoms. The predicted octanol–water partition coefficient (Wildman–Crippen LogP) is 6.20. The van der Waals surface area contributed by atoms with Crippen molar-refractivity contribution in [2.45, 2.75) is 28.8 Å². The highest BCUT2D eigenvalue weighted by molar-refractivity contribution is 6.67. The molecule has 8 nitrogen and oxygen atoms in total. The molecule has 0 aromatic heterocycles. The van der Waals surface area contributed by atoms with E-state index >= 15 is 0 Å². The monoisotopic (exact) mass is 594 g/mol. The van der Waals surface area contributed by atoms with Gasteiger partial charge in [0, 0.05) is 12.5 Å². The van der Waals surface area contributed by atoms with E-state index in [0.717, 1.165) is 21.9 Å². The van der Waals surface area contributed by atoms with Crippen molar-refractivity contribution in [3.05, 3.63) is 77.9 Å². The molecule has 2 unspecified atom stereocenters. The highest BCUT2D eigenvalue weighted by Crippen LogP contribution is 2.33. The normalized spacial score (nSPS) is 17.6. The van der Waals surface area contributed by atoms with E-state index in [4.69, 9.17) is 54.7 Å². The predicted molar refractivity (Wildman–Crippen MR) is 151 cm³/mol. The van der Waals surface area contributed by atoms with E-state index in [0.29, 0.717) is 31.9 Å². The van der Waals surface area contributed by atoms with Gasteiger partial charge in [-0.2, -0.15) is 0 Å². The average Bonchev–Trinajstić information content (AvgIpc) is 2.92. The van der Waals surface area contributed by atoms with Gasteiger partial charge in [-0.3, -0.25) is 0 Å². The fourth-order valence-corrected chi connectivity index (χ4v) is 4.68. The minimum atomic E-state index is -1.68. The Morgan fingerprint density at radius 2 is 1.69 bits per heavy atom. The first kappa shape index (κ1) is 29.1. The number of carbonyl (C=O) groups excluding carboxylic acids is 2. The fourth-order valence-electron chi connectivity index (χ4n) is 4.51. The molecule has 1 aliphatic heterocycles. The Hall–Kier alpha value is -2.91. The number of piperidine rings is 1. The quantitative estimate of drug-likeness (QED) is 0.234. The summed E-state index contributed by atoms with van der Waals surface area (Å²) in [7, 11) is 0. The molecule has 1 heterocycles. The lowest BCUT2D eigenvalue weighted by Crippen LogP contribution is -2.47. The van der Waals surface area contributed by atoms with Crippen LogP contribution >= 0.6 is 34.8 Å². The minimum Gasteiger partial charge on any atom is -0.490 e. The Bertz CT molecular complexity index is 1270. The van der Waals surface area contributed by atoms with Crippen LogP contribution in [0, 0.1) is 0 Å². The van der Waals surface area contributed by atoms with E-state index < -0.39 is 16.0 Å². The Balaban J connectivity index is 1.44. The lowest BCUT2D eigenvalue weighted by molar-refractivity contribution is -0.0236. The van der Waals surface area contributed by atoms with Crippen LogP contribution in [0.4, 0.5) is 9.59 Å². The molecule has 11 heteroatoms. The molecule has 2 amide bonds. The van der Waals surface area contributed by atoms with Gasteiger partial charge in [-0.1, -0.05) is 83.3 Å². The van der Waals surface area contributed by atoms with Gasteiger partial charge >= 0.3 is 12.2 Å². The highest BCUT2D eigenvalue weighted by atomic mass is 35.6. The molecule has 4 rings (SSSR count). The van der Waals surface area contributed by atoms with Gasteiger partial charge in [0.1, 0.15) is 25.6 Å². The van der Waals surface area contributed by atoms with Crippen molar-refractivity contribution in [1.82, 2.24) is 4.90 Å². The van der Waals surface area contributed by atoms with Gasteiger partial charge in [0.2, 0.25) is 3.79 Å². The van der Waals surface area contributed by atoms with Gasteiger partial charge < -0.3 is 29.6 Å². The molecule has 0 aliphatic carbocycles. The number of benzene rings is 3. The first-order valence-corrected chi connectivity index (χ1v) is 13.5. The largest absolute Gasteiger partial charge is 0.490 e. The van der Waals surface area contributed by atoms with Crippen LogP contribution in [0.1, 0.15) is 23.5 Å². The zero-order valence-corrected chi connectivity index (χ0v) is 23.3. The maximum Gasteiger partial charge on any atom is 0.409 e. The van der Waals surface area contributed by atoms with Crippen LogP contribution in [-0.2, 0) is 20.8 Å². The average molecular weight is 596 g/mol. The second-order valence-corrected chi connectivity index (χ2v) is 11.6. The van der Waals surface area contributed by atoms with Crippen LogP contribution in [0.5, 0.6) is 5.75 Å². The number of hydrogen-bond acceptors (Lipinski definition) is 6. The maximum absolute atomic E-state index is 12.7. The molecule has 208 valence electrons. The Morgan fingerprint density at radius 3 is 2.41 bits per heavy atom. The number of primary amides is 1. The summed E-state index contributed by atoms with van der Waals surface area (Å²) in [6.07, 6.45) is -1.05. The van der Waals surface area contributed by atoms with Crippen molar-refractivity contribution in [3.63, 3.8) is 0 Å². The SMILES string of the molecule is NC(=O)OCCOc1ccc(C2CCN(C(=O)OCC(Cl)(Cl)Cl)CC2OCc2ccc3ccccc3c2)cc1. The molecule has 2 atom stereocenters. The van der Waals surface area contributed by atoms with E-state index in [1.807, 2.05) is 42.5 Å². The lowest BCUT2D eigenvalue weighted by atomic mass is 9.87. The van der Waals surface area contributed by atoms with E-state index in [1.54, 1.807) is 4.90 Å². The zero-order chi connectivity index (χ0) is 27.8. The summed E-state index contributed by atoms with van der Waals surface area (Å²) in [4.78, 5) is 25.0. The van der Waals surface area contributed by atoms with Crippen molar-refractivity contribution in [3.8, 4) is 5.75 Å². The second kappa shape index (κ2) is 13.4. The van der Waals surface area contributed by atoms with Crippen molar-refractivity contribution >= 4 is 57.8 Å². The number of alkyl halides is 3. The van der Waals surface area contributed by atoms with Crippen LogP contribution in [0.25, 0.3) is 10.8 Å². The number of fused-ring (bicyclic) bond motifs is 1. The van der Waals surface area contributed by atoms with Gasteiger partial charge in [-0.15, -0.1) is 0 Å². The first-order chi connectivity index (χ1) is 18.7. The van der Waals surface area contributed by atoms with E-state index in [-0.39, 0.29) is 31.8 Å². The third kappa shape index (κ3) is 8.80. The molecular weight excluding hydrogens is 567 g/mol. The number of nitrogens with two attached hydrogens (primary N) is 1. The third-order valence-electron chi connectivity index (χ3n) is 6.36. The van der Waals surface area contributed by atoms with Gasteiger partial charge in [0.25, 0.3) is 0 Å². The molecule has 0 radical (unpaired) electrons. The number of ether oxygens (including phenoxy) is 4. The molecule has 1 fully saturated rings. The van der Waals surface area contributed by atoms with Crippen molar-refractivity contribution in [1.29, 1.82) is 0 Å². The third-order valence-corrected chi connectivity index (χ3v) is 6.69. The summed E-state index contributed by atoms with van der Waals surface area (Å²) >= 11 is 17.2. The standard InChI is InChI=1S/C28H29Cl3N2O6/c29-28(30,31)18-39-27(35)33-12-11-24(21-7-9-23(10-8-21)36-13-14-37-26(32)34)25(16-33)38-17-19-5-6-20-3-1-2-4-22(20)15-19/h1-10,15,24-25H,11-14,16-18H2,(H2,32,34). The summed E-state index contributed by atoms with van der Waals surface area (Å²) in [5.74, 6) is 0.656. The number of carbonyl (C=O) groups is 2. The summed E-state index contributed by atoms with van der Waals surface area (Å²) in [6, 6.07) is 22.0. The minimum absolute atomic E-state index is 0.0231. The summed E-state index contributed by atoms with van der Waals surface area (Å²) < 4.78 is 20.2. The number of amides is 2. The lowest BCUT2D eigenvalue weighted by Gasteiger charge is -2.38. The van der Waals surface area contributed by atoms with Crippen LogP contribution < -0.4 is 10.5 Å². The molecule has 1 aliphatic rings. The molecule has 3 aromatic rings. The number of rotatable bonds is 9. The number of nitrogens with zero attached hydrogens (tertiary/aromatic N) is 1. The van der Waals surface area contributed by atoms with Crippen LogP contribution in [0.15, 0.2) is 66.7 Å². The Morgan fingerprint density at radius 1 is 0.949 bits per heavy atom. The fraction of sp³-hybridized carbons (Fsp3) is 0.357. The number of likely N-dealkylation sites (tertiary alicyclic amines) is 1. The molecular formula is C28H29Cl3N2O6. The van der Waals surface area contributed by atoms with Crippen LogP contribution in [-0.4, -0.2) is 59.9 Å². The summed E-state index contributed by atoms with van der Waals surface area (Å²) in [5, 5.41) is 2.29. The summed E-state index contributed by atoms with van der Waals surface area (Å²) in [5.41, 5.74) is 7.04. The van der Waals surface area contributed by atoms with Crippen molar-refractivity contribution in [2.24, 2.45) is 5.73 Å². The van der Waals surface area contributed by atoms with Crippen LogP contribution in [0.2, 0.25) is 0 Å². The van der Waals surface area contributed by atoms with Gasteiger partial charge in [-0.25, -0.2) is 9.59 Å². The Kier molecular flexibility index (Phi) is 10.0. The zero-order valence-electron chi connectivity index (χ0n) is 21.1. The molecule has 0 saturated carbocycles. The maximum atomic E-state index is 12.7. The van der Waals surface area contributed by atoms with Crippen LogP contribution in [0.3, 0.4) is 0 Å². The van der Waals surface area contributed by atoms with E-state index in [2.05, 4.69) is 29.0 Å². The smallest absolute Gasteiger partial charge is 0.409 e. The second-order valence-electron chi connectivity index (χ2n) is 9.13. The molecule has 0 spiro atoms. The van der Waals surface area contributed by atoms with Crippen molar-refractivity contribution in [2.75, 3.05) is 32.9 Å². The Labute approximate surface area is 241 Å². The number of hydrogen-bond donors (Lipinski definition) is 1. The molecule has 0 bridgehead atoms. The number of halogens is 3. The van der Waals surface area contributed by atoms with Gasteiger partial charge in [-0.05, 0) is 46.5 Å². The highest BCUT2D eigenvalue weighted by Gasteiger charge is 2.35. The molecule has 2 N–H and O–H groups in total. The van der Waals surface area contributed by atoms with E-state index in [1.165, 1.54) is 0 Å². The molecule has 1 saturated heterocycles. The summed E-state index contributed by atoms with van der Waals surface area (Å²) in [6.45, 7) is 1.07. The van der Waals surface area contributed by atoms with Gasteiger partial charge in [0.05, 0.1) is 19.3 Å².